The van der Waals surface area contributed by atoms with Gasteiger partial charge in [0, 0.05) is 17.7 Å². The molecule has 0 aliphatic carbocycles. The van der Waals surface area contributed by atoms with E-state index in [0.29, 0.717) is 38.9 Å². The van der Waals surface area contributed by atoms with E-state index in [2.05, 4.69) is 15.5 Å². The average Bonchev–Trinajstić information content (AvgIpc) is 3.22. The van der Waals surface area contributed by atoms with E-state index in [0.717, 1.165) is 11.1 Å². The summed E-state index contributed by atoms with van der Waals surface area (Å²) in [7, 11) is 0. The van der Waals surface area contributed by atoms with Gasteiger partial charge in [-0.3, -0.25) is 9.36 Å². The molecule has 0 aliphatic heterocycles. The Balaban J connectivity index is 1.75. The summed E-state index contributed by atoms with van der Waals surface area (Å²) in [6.45, 7) is 1.47. The Morgan fingerprint density at radius 3 is 2.44 bits per heavy atom. The van der Waals surface area contributed by atoms with E-state index in [1.165, 1.54) is 30.8 Å². The number of hydrogen-bond acceptors (Lipinski definition) is 4. The minimum atomic E-state index is -0.445. The second kappa shape index (κ2) is 11.0. The van der Waals surface area contributed by atoms with Gasteiger partial charge in [0.15, 0.2) is 11.0 Å². The number of rotatable bonds is 8. The summed E-state index contributed by atoms with van der Waals surface area (Å²) in [4.78, 5) is 12.1. The summed E-state index contributed by atoms with van der Waals surface area (Å²) in [5.74, 6) is 0.627. The van der Waals surface area contributed by atoms with Crippen molar-refractivity contribution in [1.82, 2.24) is 20.1 Å². The molecule has 4 aromatic rings. The molecule has 4 rings (SSSR count). The largest absolute Gasteiger partial charge is 0.346 e. The van der Waals surface area contributed by atoms with Crippen LogP contribution in [0, 0.1) is 5.82 Å². The van der Waals surface area contributed by atoms with Crippen LogP contribution < -0.4 is 5.32 Å². The third-order valence-electron chi connectivity index (χ3n) is 5.06. The predicted octanol–water partition coefficient (Wildman–Crippen LogP) is 6.43. The maximum atomic E-state index is 13.3. The van der Waals surface area contributed by atoms with Crippen molar-refractivity contribution in [2.24, 2.45) is 0 Å². The lowest BCUT2D eigenvalue weighted by Crippen LogP contribution is -2.30. The third kappa shape index (κ3) is 5.97. The third-order valence-corrected chi connectivity index (χ3v) is 6.60. The number of thioether (sulfide) groups is 1. The molecule has 0 radical (unpaired) electrons. The monoisotopic (exact) mass is 514 g/mol. The predicted molar refractivity (Wildman–Crippen MR) is 134 cm³/mol. The summed E-state index contributed by atoms with van der Waals surface area (Å²) >= 11 is 14.1. The van der Waals surface area contributed by atoms with Crippen LogP contribution in [0.5, 0.6) is 0 Å². The van der Waals surface area contributed by atoms with Crippen molar-refractivity contribution in [3.63, 3.8) is 0 Å². The summed E-state index contributed by atoms with van der Waals surface area (Å²) in [5.41, 5.74) is 2.63. The van der Waals surface area contributed by atoms with Crippen molar-refractivity contribution in [1.29, 1.82) is 0 Å². The molecule has 1 unspecified atom stereocenters. The summed E-state index contributed by atoms with van der Waals surface area (Å²) in [5, 5.41) is 13.4. The van der Waals surface area contributed by atoms with Crippen LogP contribution in [0.25, 0.3) is 5.69 Å². The number of hydrogen-bond donors (Lipinski definition) is 1. The van der Waals surface area contributed by atoms with Crippen LogP contribution in [0.3, 0.4) is 0 Å². The van der Waals surface area contributed by atoms with Crippen molar-refractivity contribution < 1.29 is 9.18 Å². The van der Waals surface area contributed by atoms with Crippen LogP contribution in [-0.4, -0.2) is 20.7 Å². The van der Waals surface area contributed by atoms with E-state index in [1.54, 1.807) is 30.3 Å². The normalized spacial score (nSPS) is 11.9. The SMILES string of the molecule is CC(=O)NC(Cc1ccccc1)c1nnc(SCc2ccc(F)cc2)n1-c1ccc(Cl)cc1Cl. The first kappa shape index (κ1) is 24.3. The Morgan fingerprint density at radius 2 is 1.76 bits per heavy atom. The number of nitrogens with zero attached hydrogens (tertiary/aromatic N) is 3. The van der Waals surface area contributed by atoms with Crippen molar-refractivity contribution >= 4 is 40.9 Å². The van der Waals surface area contributed by atoms with E-state index in [4.69, 9.17) is 23.2 Å². The molecular formula is C25H21Cl2FN4OS. The minimum absolute atomic E-state index is 0.182. The molecule has 3 aromatic carbocycles. The smallest absolute Gasteiger partial charge is 0.217 e. The van der Waals surface area contributed by atoms with Crippen molar-refractivity contribution in [2.45, 2.75) is 30.3 Å². The molecule has 9 heteroatoms. The van der Waals surface area contributed by atoms with Gasteiger partial charge in [-0.1, -0.05) is 77.4 Å². The molecule has 1 heterocycles. The molecule has 1 amide bonds. The standard InChI is InChI=1S/C25H21Cl2FN4OS/c1-16(33)29-22(13-17-5-3-2-4-6-17)24-30-31-25(34-15-18-7-10-20(28)11-8-18)32(24)23-12-9-19(26)14-21(23)27/h2-12,14,22H,13,15H2,1H3,(H,29,33). The van der Waals surface area contributed by atoms with Gasteiger partial charge in [-0.2, -0.15) is 0 Å². The van der Waals surface area contributed by atoms with E-state index < -0.39 is 6.04 Å². The first-order valence-corrected chi connectivity index (χ1v) is 12.2. The van der Waals surface area contributed by atoms with Crippen LogP contribution in [-0.2, 0) is 17.0 Å². The average molecular weight is 515 g/mol. The Kier molecular flexibility index (Phi) is 7.88. The number of benzene rings is 3. The Morgan fingerprint density at radius 1 is 1.03 bits per heavy atom. The molecular weight excluding hydrogens is 494 g/mol. The zero-order valence-corrected chi connectivity index (χ0v) is 20.5. The van der Waals surface area contributed by atoms with Crippen molar-refractivity contribution in [2.75, 3.05) is 0 Å². The fraction of sp³-hybridized carbons (Fsp3) is 0.160. The minimum Gasteiger partial charge on any atom is -0.346 e. The van der Waals surface area contributed by atoms with Gasteiger partial charge < -0.3 is 5.32 Å². The van der Waals surface area contributed by atoms with Crippen LogP contribution in [0.2, 0.25) is 10.0 Å². The van der Waals surface area contributed by atoms with Crippen LogP contribution in [0.15, 0.2) is 78.0 Å². The lowest BCUT2D eigenvalue weighted by molar-refractivity contribution is -0.119. The van der Waals surface area contributed by atoms with Gasteiger partial charge in [-0.05, 0) is 47.9 Å². The van der Waals surface area contributed by atoms with Gasteiger partial charge in [0.05, 0.1) is 16.8 Å². The molecule has 1 N–H and O–H groups in total. The topological polar surface area (TPSA) is 59.8 Å². The quantitative estimate of drug-likeness (QED) is 0.275. The van der Waals surface area contributed by atoms with E-state index in [9.17, 15) is 9.18 Å². The fourth-order valence-corrected chi connectivity index (χ4v) is 4.92. The van der Waals surface area contributed by atoms with E-state index in [-0.39, 0.29) is 11.7 Å². The maximum absolute atomic E-state index is 13.3. The van der Waals surface area contributed by atoms with Crippen LogP contribution in [0.4, 0.5) is 4.39 Å². The Bertz CT molecular complexity index is 1280. The summed E-state index contributed by atoms with van der Waals surface area (Å²) in [6.07, 6.45) is 0.520. The van der Waals surface area contributed by atoms with E-state index in [1.807, 2.05) is 34.9 Å². The summed E-state index contributed by atoms with van der Waals surface area (Å²) < 4.78 is 15.1. The molecule has 0 saturated heterocycles. The highest BCUT2D eigenvalue weighted by Gasteiger charge is 2.25. The number of carbonyl (C=O) groups is 1. The molecule has 5 nitrogen and oxygen atoms in total. The van der Waals surface area contributed by atoms with Crippen LogP contribution in [0.1, 0.15) is 29.9 Å². The van der Waals surface area contributed by atoms with Gasteiger partial charge in [0.2, 0.25) is 5.91 Å². The Labute approximate surface area is 211 Å². The Hall–Kier alpha value is -2.87. The molecule has 0 saturated carbocycles. The second-order valence-electron chi connectivity index (χ2n) is 7.63. The van der Waals surface area contributed by atoms with Gasteiger partial charge in [0.25, 0.3) is 0 Å². The number of halogens is 3. The lowest BCUT2D eigenvalue weighted by atomic mass is 10.1. The van der Waals surface area contributed by atoms with Gasteiger partial charge in [-0.15, -0.1) is 10.2 Å². The number of amides is 1. The molecule has 1 aromatic heterocycles. The molecule has 0 fully saturated rings. The molecule has 0 aliphatic rings. The molecule has 1 atom stereocenters. The highest BCUT2D eigenvalue weighted by Crippen LogP contribution is 2.33. The molecule has 0 spiro atoms. The number of carbonyl (C=O) groups excluding carboxylic acids is 1. The zero-order valence-electron chi connectivity index (χ0n) is 18.2. The molecule has 34 heavy (non-hydrogen) atoms. The zero-order chi connectivity index (χ0) is 24.1. The van der Waals surface area contributed by atoms with Crippen LogP contribution >= 0.6 is 35.0 Å². The van der Waals surface area contributed by atoms with Crippen molar-refractivity contribution in [3.8, 4) is 5.69 Å². The molecule has 0 bridgehead atoms. The fourth-order valence-electron chi connectivity index (χ4n) is 3.52. The van der Waals surface area contributed by atoms with Crippen molar-refractivity contribution in [3.05, 3.63) is 106 Å². The van der Waals surface area contributed by atoms with E-state index >= 15 is 0 Å². The second-order valence-corrected chi connectivity index (χ2v) is 9.42. The number of aromatic nitrogens is 3. The highest BCUT2D eigenvalue weighted by molar-refractivity contribution is 7.98. The highest BCUT2D eigenvalue weighted by atomic mass is 35.5. The first-order valence-electron chi connectivity index (χ1n) is 10.5. The lowest BCUT2D eigenvalue weighted by Gasteiger charge is -2.20. The van der Waals surface area contributed by atoms with Gasteiger partial charge >= 0.3 is 0 Å². The van der Waals surface area contributed by atoms with Gasteiger partial charge in [0.1, 0.15) is 5.82 Å². The maximum Gasteiger partial charge on any atom is 0.217 e. The van der Waals surface area contributed by atoms with Gasteiger partial charge in [-0.25, -0.2) is 4.39 Å². The number of nitrogens with one attached hydrogen (secondary N) is 1. The molecule has 174 valence electrons. The first-order chi connectivity index (χ1) is 16.4. The summed E-state index contributed by atoms with van der Waals surface area (Å²) in [6, 6.07) is 20.9.